The Hall–Kier alpha value is -1.95. The Balaban J connectivity index is 1.84. The molecule has 5 nitrogen and oxygen atoms in total. The second-order valence-electron chi connectivity index (χ2n) is 4.87. The molecule has 6 heteroatoms. The van der Waals surface area contributed by atoms with Gasteiger partial charge in [0.15, 0.2) is 4.80 Å². The van der Waals surface area contributed by atoms with Crippen LogP contribution in [0.1, 0.15) is 12.8 Å². The van der Waals surface area contributed by atoms with E-state index in [0.29, 0.717) is 17.8 Å². The van der Waals surface area contributed by atoms with Crippen molar-refractivity contribution in [2.75, 3.05) is 6.61 Å². The Morgan fingerprint density at radius 3 is 3.00 bits per heavy atom. The molecule has 1 aliphatic heterocycles. The summed E-state index contributed by atoms with van der Waals surface area (Å²) >= 11 is 1.49. The highest BCUT2D eigenvalue weighted by molar-refractivity contribution is 7.16. The van der Waals surface area contributed by atoms with E-state index in [1.165, 1.54) is 11.3 Å². The van der Waals surface area contributed by atoms with Gasteiger partial charge in [0.25, 0.3) is 0 Å². The van der Waals surface area contributed by atoms with Gasteiger partial charge in [0.1, 0.15) is 0 Å². The van der Waals surface area contributed by atoms with Crippen LogP contribution in [0.25, 0.3) is 10.2 Å². The molecule has 1 atom stereocenters. The van der Waals surface area contributed by atoms with Crippen LogP contribution in [0.4, 0.5) is 0 Å². The summed E-state index contributed by atoms with van der Waals surface area (Å²) in [7, 11) is 1.90. The third-order valence-electron chi connectivity index (χ3n) is 3.33. The molecule has 2 aromatic rings. The zero-order valence-corrected chi connectivity index (χ0v) is 11.9. The normalized spacial score (nSPS) is 19.6. The fraction of sp³-hybridized carbons (Fsp3) is 0.357. The number of ether oxygens (including phenoxy) is 1. The van der Waals surface area contributed by atoms with E-state index in [2.05, 4.69) is 4.99 Å². The third kappa shape index (κ3) is 2.51. The lowest BCUT2D eigenvalue weighted by molar-refractivity contribution is -0.138. The van der Waals surface area contributed by atoms with Crippen molar-refractivity contribution in [2.45, 2.75) is 12.8 Å². The zero-order chi connectivity index (χ0) is 14.1. The molecule has 0 saturated carbocycles. The summed E-state index contributed by atoms with van der Waals surface area (Å²) in [4.78, 5) is 27.8. The fourth-order valence-corrected chi connectivity index (χ4v) is 3.32. The maximum absolute atomic E-state index is 12.0. The number of amides is 1. The molecular weight excluding hydrogens is 276 g/mol. The highest BCUT2D eigenvalue weighted by Crippen LogP contribution is 2.18. The molecule has 2 heterocycles. The molecule has 20 heavy (non-hydrogen) atoms. The lowest BCUT2D eigenvalue weighted by Crippen LogP contribution is -2.15. The van der Waals surface area contributed by atoms with E-state index >= 15 is 0 Å². The first-order valence-corrected chi connectivity index (χ1v) is 7.23. The molecule has 0 aliphatic carbocycles. The number of carbonyl (C=O) groups excluding carboxylic acids is 2. The first-order valence-electron chi connectivity index (χ1n) is 6.41. The summed E-state index contributed by atoms with van der Waals surface area (Å²) in [5.41, 5.74) is 1.06. The summed E-state index contributed by atoms with van der Waals surface area (Å²) < 4.78 is 7.86. The number of rotatable bonds is 2. The van der Waals surface area contributed by atoms with Gasteiger partial charge in [-0.1, -0.05) is 23.5 Å². The Morgan fingerprint density at radius 1 is 1.50 bits per heavy atom. The van der Waals surface area contributed by atoms with Crippen LogP contribution in [0.3, 0.4) is 0 Å². The number of carbonyl (C=O) groups is 2. The minimum atomic E-state index is -0.227. The standard InChI is InChI=1S/C14H14N2O3S/c1-16-10-4-2-3-5-11(10)20-14(16)15-12(17)6-9-7-13(18)19-8-9/h2-5,9H,6-8H2,1H3. The molecule has 1 fully saturated rings. The SMILES string of the molecule is Cn1c(=NC(=O)CC2COC(=O)C2)sc2ccccc21. The second kappa shape index (κ2) is 5.20. The number of aryl methyl sites for hydroxylation is 1. The van der Waals surface area contributed by atoms with Gasteiger partial charge in [0, 0.05) is 19.4 Å². The number of cyclic esters (lactones) is 1. The van der Waals surface area contributed by atoms with Crippen LogP contribution in [0.5, 0.6) is 0 Å². The Morgan fingerprint density at radius 2 is 2.30 bits per heavy atom. The van der Waals surface area contributed by atoms with Gasteiger partial charge < -0.3 is 9.30 Å². The molecule has 0 spiro atoms. The molecule has 1 aliphatic rings. The largest absolute Gasteiger partial charge is 0.465 e. The van der Waals surface area contributed by atoms with Crippen molar-refractivity contribution in [1.82, 2.24) is 4.57 Å². The summed E-state index contributed by atoms with van der Waals surface area (Å²) in [5, 5.41) is 0. The van der Waals surface area contributed by atoms with E-state index in [0.717, 1.165) is 10.2 Å². The lowest BCUT2D eigenvalue weighted by atomic mass is 10.1. The highest BCUT2D eigenvalue weighted by atomic mass is 32.1. The fourth-order valence-electron chi connectivity index (χ4n) is 2.28. The van der Waals surface area contributed by atoms with Crippen LogP contribution >= 0.6 is 11.3 Å². The minimum Gasteiger partial charge on any atom is -0.465 e. The van der Waals surface area contributed by atoms with Crippen molar-refractivity contribution in [3.05, 3.63) is 29.1 Å². The van der Waals surface area contributed by atoms with Gasteiger partial charge in [0.2, 0.25) is 5.91 Å². The van der Waals surface area contributed by atoms with Crippen molar-refractivity contribution in [1.29, 1.82) is 0 Å². The predicted molar refractivity (Wildman–Crippen MR) is 75.0 cm³/mol. The van der Waals surface area contributed by atoms with E-state index in [9.17, 15) is 9.59 Å². The molecule has 1 unspecified atom stereocenters. The van der Waals surface area contributed by atoms with Gasteiger partial charge in [-0.25, -0.2) is 0 Å². The van der Waals surface area contributed by atoms with Crippen molar-refractivity contribution in [3.8, 4) is 0 Å². The van der Waals surface area contributed by atoms with Gasteiger partial charge in [-0.05, 0) is 12.1 Å². The number of aromatic nitrogens is 1. The van der Waals surface area contributed by atoms with Crippen LogP contribution in [-0.2, 0) is 21.4 Å². The average Bonchev–Trinajstić information content (AvgIpc) is 2.95. The topological polar surface area (TPSA) is 60.7 Å². The minimum absolute atomic E-state index is 0.0292. The smallest absolute Gasteiger partial charge is 0.306 e. The maximum Gasteiger partial charge on any atom is 0.306 e. The van der Waals surface area contributed by atoms with E-state index in [1.807, 2.05) is 35.9 Å². The number of fused-ring (bicyclic) bond motifs is 1. The summed E-state index contributed by atoms with van der Waals surface area (Å²) in [6.45, 7) is 0.332. The molecular formula is C14H14N2O3S. The van der Waals surface area contributed by atoms with Crippen LogP contribution < -0.4 is 4.80 Å². The van der Waals surface area contributed by atoms with E-state index < -0.39 is 0 Å². The third-order valence-corrected chi connectivity index (χ3v) is 4.45. The molecule has 0 bridgehead atoms. The lowest BCUT2D eigenvalue weighted by Gasteiger charge is -2.00. The quantitative estimate of drug-likeness (QED) is 0.790. The number of esters is 1. The van der Waals surface area contributed by atoms with Gasteiger partial charge in [-0.15, -0.1) is 0 Å². The van der Waals surface area contributed by atoms with Crippen molar-refractivity contribution >= 4 is 33.4 Å². The van der Waals surface area contributed by atoms with Crippen LogP contribution in [-0.4, -0.2) is 23.1 Å². The number of benzene rings is 1. The highest BCUT2D eigenvalue weighted by Gasteiger charge is 2.25. The molecule has 1 amide bonds. The molecule has 3 rings (SSSR count). The first-order chi connectivity index (χ1) is 9.63. The van der Waals surface area contributed by atoms with Gasteiger partial charge >= 0.3 is 5.97 Å². The molecule has 1 saturated heterocycles. The van der Waals surface area contributed by atoms with Crippen LogP contribution in [0.2, 0.25) is 0 Å². The van der Waals surface area contributed by atoms with Crippen molar-refractivity contribution in [2.24, 2.45) is 18.0 Å². The Kier molecular flexibility index (Phi) is 3.40. The number of nitrogens with zero attached hydrogens (tertiary/aromatic N) is 2. The number of thiazole rings is 1. The van der Waals surface area contributed by atoms with Gasteiger partial charge in [-0.2, -0.15) is 4.99 Å². The summed E-state index contributed by atoms with van der Waals surface area (Å²) in [5.74, 6) is -0.455. The van der Waals surface area contributed by atoms with E-state index in [4.69, 9.17) is 4.74 Å². The van der Waals surface area contributed by atoms with E-state index in [-0.39, 0.29) is 24.2 Å². The number of para-hydroxylation sites is 1. The molecule has 1 aromatic carbocycles. The first kappa shape index (κ1) is 13.1. The molecule has 1 aromatic heterocycles. The second-order valence-corrected chi connectivity index (χ2v) is 5.88. The monoisotopic (exact) mass is 290 g/mol. The molecule has 104 valence electrons. The Labute approximate surface area is 119 Å². The Bertz CT molecular complexity index is 744. The summed E-state index contributed by atoms with van der Waals surface area (Å²) in [6, 6.07) is 7.93. The number of hydrogen-bond acceptors (Lipinski definition) is 4. The zero-order valence-electron chi connectivity index (χ0n) is 11.0. The van der Waals surface area contributed by atoms with Crippen molar-refractivity contribution in [3.63, 3.8) is 0 Å². The summed E-state index contributed by atoms with van der Waals surface area (Å²) in [6.07, 6.45) is 0.583. The van der Waals surface area contributed by atoms with Crippen LogP contribution in [0, 0.1) is 5.92 Å². The number of hydrogen-bond donors (Lipinski definition) is 0. The van der Waals surface area contributed by atoms with Gasteiger partial charge in [-0.3, -0.25) is 9.59 Å². The average molecular weight is 290 g/mol. The van der Waals surface area contributed by atoms with Crippen molar-refractivity contribution < 1.29 is 14.3 Å². The maximum atomic E-state index is 12.0. The molecule has 0 radical (unpaired) electrons. The predicted octanol–water partition coefficient (Wildman–Crippen LogP) is 1.62. The molecule has 0 N–H and O–H groups in total. The van der Waals surface area contributed by atoms with E-state index in [1.54, 1.807) is 0 Å². The van der Waals surface area contributed by atoms with Crippen LogP contribution in [0.15, 0.2) is 29.3 Å². The van der Waals surface area contributed by atoms with Gasteiger partial charge in [0.05, 0.1) is 23.2 Å².